The molecule has 0 unspecified atom stereocenters. The Balaban J connectivity index is 1.81. The Labute approximate surface area is 142 Å². The van der Waals surface area contributed by atoms with Gasteiger partial charge < -0.3 is 14.8 Å². The van der Waals surface area contributed by atoms with Gasteiger partial charge in [-0.1, -0.05) is 12.2 Å². The number of nitrogens with one attached hydrogen (secondary N) is 1. The zero-order valence-corrected chi connectivity index (χ0v) is 13.5. The number of hydrogen-bond acceptors (Lipinski definition) is 4. The van der Waals surface area contributed by atoms with Gasteiger partial charge in [-0.25, -0.2) is 0 Å². The Morgan fingerprint density at radius 3 is 2.52 bits per heavy atom. The number of alkyl halides is 3. The van der Waals surface area contributed by atoms with Gasteiger partial charge in [-0.2, -0.15) is 0 Å². The summed E-state index contributed by atoms with van der Waals surface area (Å²) < 4.78 is 45.1. The molecule has 0 bridgehead atoms. The smallest absolute Gasteiger partial charge is 0.453 e. The van der Waals surface area contributed by atoms with E-state index in [9.17, 15) is 22.8 Å². The normalized spacial score (nSPS) is 17.8. The minimum Gasteiger partial charge on any atom is -0.453 e. The second-order valence-electron chi connectivity index (χ2n) is 5.66. The van der Waals surface area contributed by atoms with Crippen LogP contribution < -0.4 is 10.1 Å². The van der Waals surface area contributed by atoms with Crippen molar-refractivity contribution in [2.24, 2.45) is 5.92 Å². The van der Waals surface area contributed by atoms with E-state index in [1.54, 1.807) is 0 Å². The Hall–Kier alpha value is -2.51. The molecule has 0 spiro atoms. The average molecular weight is 357 g/mol. The summed E-state index contributed by atoms with van der Waals surface area (Å²) in [6, 6.07) is 4.67. The van der Waals surface area contributed by atoms with E-state index in [4.69, 9.17) is 4.74 Å². The standard InChI is InChI=1S/C17H18F3NO4/c1-11(24-15(22)10-12-4-2-3-5-12)16(23)21-13-6-8-14(9-7-13)25-17(18,19)20/h2,4,6-9,11-12H,3,5,10H2,1H3,(H,21,23)/t11-,12+/m0/s1. The number of hydrogen-bond donors (Lipinski definition) is 1. The molecule has 1 aliphatic rings. The van der Waals surface area contributed by atoms with Crippen molar-refractivity contribution in [1.29, 1.82) is 0 Å². The molecule has 8 heteroatoms. The summed E-state index contributed by atoms with van der Waals surface area (Å²) in [5.74, 6) is -1.29. The summed E-state index contributed by atoms with van der Waals surface area (Å²) in [5.41, 5.74) is 0.265. The summed E-state index contributed by atoms with van der Waals surface area (Å²) in [4.78, 5) is 23.8. The highest BCUT2D eigenvalue weighted by Gasteiger charge is 2.31. The van der Waals surface area contributed by atoms with Crippen molar-refractivity contribution in [1.82, 2.24) is 0 Å². The van der Waals surface area contributed by atoms with Crippen LogP contribution in [0.15, 0.2) is 36.4 Å². The molecule has 1 aromatic carbocycles. The monoisotopic (exact) mass is 357 g/mol. The summed E-state index contributed by atoms with van der Waals surface area (Å²) >= 11 is 0. The molecule has 0 saturated heterocycles. The number of anilines is 1. The zero-order valence-electron chi connectivity index (χ0n) is 13.5. The lowest BCUT2D eigenvalue weighted by atomic mass is 10.1. The second kappa shape index (κ2) is 8.04. The van der Waals surface area contributed by atoms with Gasteiger partial charge in [0.25, 0.3) is 5.91 Å². The summed E-state index contributed by atoms with van der Waals surface area (Å²) in [6.45, 7) is 1.43. The van der Waals surface area contributed by atoms with E-state index in [0.29, 0.717) is 0 Å². The maximum absolute atomic E-state index is 12.1. The molecule has 0 heterocycles. The van der Waals surface area contributed by atoms with Crippen molar-refractivity contribution < 1.29 is 32.2 Å². The van der Waals surface area contributed by atoms with Crippen LogP contribution in [-0.4, -0.2) is 24.3 Å². The SMILES string of the molecule is C[C@H](OC(=O)C[C@@H]1C=CCC1)C(=O)Nc1ccc(OC(F)(F)F)cc1. The first-order chi connectivity index (χ1) is 11.7. The minimum absolute atomic E-state index is 0.143. The first-order valence-electron chi connectivity index (χ1n) is 7.76. The molecule has 0 saturated carbocycles. The van der Waals surface area contributed by atoms with Crippen molar-refractivity contribution in [2.75, 3.05) is 5.32 Å². The molecule has 2 rings (SSSR count). The fraction of sp³-hybridized carbons (Fsp3) is 0.412. The molecule has 0 aromatic heterocycles. The molecular weight excluding hydrogens is 339 g/mol. The highest BCUT2D eigenvalue weighted by molar-refractivity contribution is 5.95. The second-order valence-corrected chi connectivity index (χ2v) is 5.66. The maximum Gasteiger partial charge on any atom is 0.573 e. The van der Waals surface area contributed by atoms with E-state index in [0.717, 1.165) is 25.0 Å². The molecule has 1 amide bonds. The molecule has 1 aliphatic carbocycles. The van der Waals surface area contributed by atoms with E-state index in [2.05, 4.69) is 10.1 Å². The molecule has 1 aromatic rings. The summed E-state index contributed by atoms with van der Waals surface area (Å²) in [6.07, 6.45) is 0.212. The zero-order chi connectivity index (χ0) is 18.4. The van der Waals surface area contributed by atoms with E-state index < -0.39 is 30.1 Å². The first-order valence-corrected chi connectivity index (χ1v) is 7.76. The molecular formula is C17H18F3NO4. The third-order valence-corrected chi connectivity index (χ3v) is 3.57. The lowest BCUT2D eigenvalue weighted by Gasteiger charge is -2.15. The van der Waals surface area contributed by atoms with Gasteiger partial charge in [-0.3, -0.25) is 9.59 Å². The quantitative estimate of drug-likeness (QED) is 0.621. The molecule has 25 heavy (non-hydrogen) atoms. The van der Waals surface area contributed by atoms with Crippen LogP contribution in [0.25, 0.3) is 0 Å². The summed E-state index contributed by atoms with van der Waals surface area (Å²) in [5, 5.41) is 2.46. The van der Waals surface area contributed by atoms with Gasteiger partial charge in [0.1, 0.15) is 5.75 Å². The van der Waals surface area contributed by atoms with Gasteiger partial charge in [-0.05, 0) is 49.9 Å². The number of carbonyl (C=O) groups excluding carboxylic acids is 2. The van der Waals surface area contributed by atoms with Crippen LogP contribution in [0.4, 0.5) is 18.9 Å². The fourth-order valence-electron chi connectivity index (χ4n) is 2.36. The van der Waals surface area contributed by atoms with Gasteiger partial charge in [0.2, 0.25) is 0 Å². The lowest BCUT2D eigenvalue weighted by Crippen LogP contribution is -2.30. The Kier molecular flexibility index (Phi) is 6.06. The van der Waals surface area contributed by atoms with Crippen LogP contribution in [0.3, 0.4) is 0 Å². The van der Waals surface area contributed by atoms with Crippen LogP contribution in [0, 0.1) is 5.92 Å². The largest absolute Gasteiger partial charge is 0.573 e. The molecule has 0 aliphatic heterocycles. The van der Waals surface area contributed by atoms with Crippen molar-refractivity contribution in [3.8, 4) is 5.75 Å². The summed E-state index contributed by atoms with van der Waals surface area (Å²) in [7, 11) is 0. The van der Waals surface area contributed by atoms with Gasteiger partial charge in [0.05, 0.1) is 6.42 Å². The van der Waals surface area contributed by atoms with Gasteiger partial charge in [0.15, 0.2) is 6.10 Å². The Morgan fingerprint density at radius 1 is 1.28 bits per heavy atom. The Morgan fingerprint density at radius 2 is 1.96 bits per heavy atom. The minimum atomic E-state index is -4.78. The number of benzene rings is 1. The predicted octanol–water partition coefficient (Wildman–Crippen LogP) is 3.81. The number of rotatable bonds is 6. The topological polar surface area (TPSA) is 64.6 Å². The van der Waals surface area contributed by atoms with Gasteiger partial charge in [0, 0.05) is 5.69 Å². The van der Waals surface area contributed by atoms with Crippen LogP contribution >= 0.6 is 0 Å². The number of carbonyl (C=O) groups is 2. The van der Waals surface area contributed by atoms with Crippen LogP contribution in [0.1, 0.15) is 26.2 Å². The third kappa shape index (κ3) is 6.48. The first kappa shape index (κ1) is 18.8. The number of halogens is 3. The van der Waals surface area contributed by atoms with Crippen LogP contribution in [0.5, 0.6) is 5.75 Å². The number of allylic oxidation sites excluding steroid dienone is 2. The maximum atomic E-state index is 12.1. The van der Waals surface area contributed by atoms with Crippen molar-refractivity contribution in [3.05, 3.63) is 36.4 Å². The van der Waals surface area contributed by atoms with Gasteiger partial charge in [-0.15, -0.1) is 13.2 Å². The van der Waals surface area contributed by atoms with E-state index in [1.165, 1.54) is 19.1 Å². The highest BCUT2D eigenvalue weighted by Crippen LogP contribution is 2.24. The average Bonchev–Trinajstić information content (AvgIpc) is 3.00. The molecule has 0 radical (unpaired) electrons. The van der Waals surface area contributed by atoms with Crippen molar-refractivity contribution in [2.45, 2.75) is 38.7 Å². The van der Waals surface area contributed by atoms with Gasteiger partial charge >= 0.3 is 12.3 Å². The van der Waals surface area contributed by atoms with Crippen molar-refractivity contribution in [3.63, 3.8) is 0 Å². The molecule has 136 valence electrons. The highest BCUT2D eigenvalue weighted by atomic mass is 19.4. The van der Waals surface area contributed by atoms with Crippen molar-refractivity contribution >= 4 is 17.6 Å². The molecule has 0 fully saturated rings. The van der Waals surface area contributed by atoms with E-state index >= 15 is 0 Å². The Bertz CT molecular complexity index is 640. The van der Waals surface area contributed by atoms with Crippen LogP contribution in [-0.2, 0) is 14.3 Å². The number of esters is 1. The van der Waals surface area contributed by atoms with Crippen LogP contribution in [0.2, 0.25) is 0 Å². The predicted molar refractivity (Wildman–Crippen MR) is 83.8 cm³/mol. The molecule has 5 nitrogen and oxygen atoms in total. The fourth-order valence-corrected chi connectivity index (χ4v) is 2.36. The number of ether oxygens (including phenoxy) is 2. The lowest BCUT2D eigenvalue weighted by molar-refractivity contribution is -0.274. The third-order valence-electron chi connectivity index (χ3n) is 3.57. The van der Waals surface area contributed by atoms with E-state index in [-0.39, 0.29) is 18.0 Å². The molecule has 2 atom stereocenters. The number of amides is 1. The molecule has 1 N–H and O–H groups in total. The van der Waals surface area contributed by atoms with E-state index in [1.807, 2.05) is 12.2 Å².